The number of pyridine rings is 1. The van der Waals surface area contributed by atoms with E-state index in [-0.39, 0.29) is 10.5 Å². The highest BCUT2D eigenvalue weighted by Gasteiger charge is 2.18. The van der Waals surface area contributed by atoms with Crippen LogP contribution in [0, 0.1) is 6.92 Å². The van der Waals surface area contributed by atoms with E-state index >= 15 is 0 Å². The van der Waals surface area contributed by atoms with Crippen molar-refractivity contribution < 1.29 is 17.9 Å². The average molecular weight is 385 g/mol. The van der Waals surface area contributed by atoms with Gasteiger partial charge in [-0.05, 0) is 52.7 Å². The van der Waals surface area contributed by atoms with Gasteiger partial charge < -0.3 is 4.74 Å². The highest BCUT2D eigenvalue weighted by atomic mass is 79.9. The number of esters is 1. The Morgan fingerprint density at radius 1 is 1.27 bits per heavy atom. The number of nitrogens with one attached hydrogen (secondary N) is 1. The molecular formula is C14H13BrN2O4S. The van der Waals surface area contributed by atoms with Gasteiger partial charge in [0, 0.05) is 0 Å². The summed E-state index contributed by atoms with van der Waals surface area (Å²) in [5.74, 6) is -0.583. The molecule has 1 aromatic heterocycles. The summed E-state index contributed by atoms with van der Waals surface area (Å²) >= 11 is 3.17. The topological polar surface area (TPSA) is 85.4 Å². The molecule has 0 radical (unpaired) electrons. The summed E-state index contributed by atoms with van der Waals surface area (Å²) in [5, 5.41) is 0. The van der Waals surface area contributed by atoms with E-state index in [0.29, 0.717) is 15.9 Å². The van der Waals surface area contributed by atoms with Crippen LogP contribution in [0.15, 0.2) is 46.0 Å². The summed E-state index contributed by atoms with van der Waals surface area (Å²) in [6.07, 6.45) is 1.39. The molecule has 0 spiro atoms. The lowest BCUT2D eigenvalue weighted by Crippen LogP contribution is -2.14. The number of hydrogen-bond donors (Lipinski definition) is 1. The van der Waals surface area contributed by atoms with E-state index in [4.69, 9.17) is 0 Å². The number of rotatable bonds is 4. The average Bonchev–Trinajstić information content (AvgIpc) is 2.49. The zero-order valence-electron chi connectivity index (χ0n) is 11.8. The highest BCUT2D eigenvalue weighted by molar-refractivity contribution is 9.10. The van der Waals surface area contributed by atoms with Crippen LogP contribution in [0.3, 0.4) is 0 Å². The molecule has 0 amide bonds. The van der Waals surface area contributed by atoms with Crippen LogP contribution in [0.2, 0.25) is 0 Å². The van der Waals surface area contributed by atoms with Crippen LogP contribution in [0.5, 0.6) is 0 Å². The number of hydrogen-bond acceptors (Lipinski definition) is 5. The molecule has 0 atom stereocenters. The smallest absolute Gasteiger partial charge is 0.338 e. The SMILES string of the molecule is COC(=O)c1cc(S(=O)(=O)Nc2ccc(Br)nc2)ccc1C. The summed E-state index contributed by atoms with van der Waals surface area (Å²) in [6, 6.07) is 7.46. The summed E-state index contributed by atoms with van der Waals surface area (Å²) < 4.78 is 32.4. The molecule has 0 saturated heterocycles. The molecule has 22 heavy (non-hydrogen) atoms. The number of benzene rings is 1. The van der Waals surface area contributed by atoms with Crippen molar-refractivity contribution in [2.75, 3.05) is 11.8 Å². The molecule has 0 bridgehead atoms. The Kier molecular flexibility index (Phi) is 4.82. The van der Waals surface area contributed by atoms with Crippen molar-refractivity contribution in [2.45, 2.75) is 11.8 Å². The lowest BCUT2D eigenvalue weighted by molar-refractivity contribution is 0.0599. The number of methoxy groups -OCH3 is 1. The van der Waals surface area contributed by atoms with Gasteiger partial charge in [-0.2, -0.15) is 0 Å². The Bertz CT molecular complexity index is 804. The largest absolute Gasteiger partial charge is 0.465 e. The van der Waals surface area contributed by atoms with E-state index in [1.165, 1.54) is 25.4 Å². The Morgan fingerprint density at radius 2 is 2.00 bits per heavy atom. The Hall–Kier alpha value is -1.93. The number of sulfonamides is 1. The maximum absolute atomic E-state index is 12.4. The first kappa shape index (κ1) is 16.4. The second kappa shape index (κ2) is 6.45. The van der Waals surface area contributed by atoms with Gasteiger partial charge >= 0.3 is 5.97 Å². The van der Waals surface area contributed by atoms with Gasteiger partial charge in [0.2, 0.25) is 0 Å². The van der Waals surface area contributed by atoms with Gasteiger partial charge in [0.25, 0.3) is 10.0 Å². The third kappa shape index (κ3) is 3.63. The number of carbonyl (C=O) groups is 1. The quantitative estimate of drug-likeness (QED) is 0.646. The van der Waals surface area contributed by atoms with E-state index in [0.717, 1.165) is 0 Å². The van der Waals surface area contributed by atoms with E-state index in [9.17, 15) is 13.2 Å². The van der Waals surface area contributed by atoms with Crippen molar-refractivity contribution in [3.8, 4) is 0 Å². The lowest BCUT2D eigenvalue weighted by atomic mass is 10.1. The molecule has 1 heterocycles. The molecule has 6 nitrogen and oxygen atoms in total. The van der Waals surface area contributed by atoms with Crippen molar-refractivity contribution >= 4 is 37.6 Å². The van der Waals surface area contributed by atoms with E-state index < -0.39 is 16.0 Å². The predicted octanol–water partition coefficient (Wildman–Crippen LogP) is 2.74. The van der Waals surface area contributed by atoms with Crippen molar-refractivity contribution in [3.05, 3.63) is 52.3 Å². The minimum absolute atomic E-state index is 0.0265. The lowest BCUT2D eigenvalue weighted by Gasteiger charge is -2.10. The number of aryl methyl sites for hydroxylation is 1. The van der Waals surface area contributed by atoms with Crippen LogP contribution >= 0.6 is 15.9 Å². The summed E-state index contributed by atoms with van der Waals surface area (Å²) in [7, 11) is -2.58. The fourth-order valence-electron chi connectivity index (χ4n) is 1.75. The molecule has 2 aromatic rings. The zero-order valence-corrected chi connectivity index (χ0v) is 14.2. The van der Waals surface area contributed by atoms with Gasteiger partial charge in [0.05, 0.1) is 29.5 Å². The maximum Gasteiger partial charge on any atom is 0.338 e. The van der Waals surface area contributed by atoms with E-state index in [1.807, 2.05) is 0 Å². The second-order valence-electron chi connectivity index (χ2n) is 4.44. The maximum atomic E-state index is 12.4. The first-order chi connectivity index (χ1) is 10.3. The van der Waals surface area contributed by atoms with Crippen molar-refractivity contribution in [2.24, 2.45) is 0 Å². The molecule has 0 aliphatic heterocycles. The molecule has 1 N–H and O–H groups in total. The second-order valence-corrected chi connectivity index (χ2v) is 6.94. The molecule has 8 heteroatoms. The normalized spacial score (nSPS) is 11.0. The van der Waals surface area contributed by atoms with Crippen LogP contribution in [0.1, 0.15) is 15.9 Å². The van der Waals surface area contributed by atoms with Gasteiger partial charge in [-0.15, -0.1) is 0 Å². The third-order valence-electron chi connectivity index (χ3n) is 2.90. The molecule has 116 valence electrons. The van der Waals surface area contributed by atoms with Crippen LogP contribution in [0.25, 0.3) is 0 Å². The third-order valence-corrected chi connectivity index (χ3v) is 4.75. The number of ether oxygens (including phenoxy) is 1. The van der Waals surface area contributed by atoms with Gasteiger partial charge in [-0.3, -0.25) is 4.72 Å². The molecule has 0 aliphatic carbocycles. The Labute approximate surface area is 136 Å². The number of nitrogens with zero attached hydrogens (tertiary/aromatic N) is 1. The zero-order chi connectivity index (χ0) is 16.3. The Morgan fingerprint density at radius 3 is 2.59 bits per heavy atom. The summed E-state index contributed by atoms with van der Waals surface area (Å²) in [6.45, 7) is 1.70. The summed E-state index contributed by atoms with van der Waals surface area (Å²) in [4.78, 5) is 15.6. The minimum Gasteiger partial charge on any atom is -0.465 e. The molecule has 0 unspecified atom stereocenters. The van der Waals surface area contributed by atoms with Crippen LogP contribution in [0.4, 0.5) is 5.69 Å². The number of aromatic nitrogens is 1. The van der Waals surface area contributed by atoms with Crippen LogP contribution < -0.4 is 4.72 Å². The number of anilines is 1. The standard InChI is InChI=1S/C14H13BrN2O4S/c1-9-3-5-11(7-12(9)14(18)21-2)22(19,20)17-10-4-6-13(15)16-8-10/h3-8,17H,1-2H3. The number of halogens is 1. The Balaban J connectivity index is 2.37. The monoisotopic (exact) mass is 384 g/mol. The first-order valence-electron chi connectivity index (χ1n) is 6.17. The molecule has 0 fully saturated rings. The number of carbonyl (C=O) groups excluding carboxylic acids is 1. The van der Waals surface area contributed by atoms with Gasteiger partial charge in [0.1, 0.15) is 4.60 Å². The highest BCUT2D eigenvalue weighted by Crippen LogP contribution is 2.20. The molecule has 0 saturated carbocycles. The van der Waals surface area contributed by atoms with Crippen molar-refractivity contribution in [1.29, 1.82) is 0 Å². The van der Waals surface area contributed by atoms with Gasteiger partial charge in [-0.1, -0.05) is 6.07 Å². The van der Waals surface area contributed by atoms with E-state index in [2.05, 4.69) is 30.4 Å². The minimum atomic E-state index is -3.82. The molecule has 2 rings (SSSR count). The fraction of sp³-hybridized carbons (Fsp3) is 0.143. The fourth-order valence-corrected chi connectivity index (χ4v) is 3.05. The van der Waals surface area contributed by atoms with Gasteiger partial charge in [0.15, 0.2) is 0 Å². The van der Waals surface area contributed by atoms with Gasteiger partial charge in [-0.25, -0.2) is 18.2 Å². The van der Waals surface area contributed by atoms with Crippen molar-refractivity contribution in [3.63, 3.8) is 0 Å². The van der Waals surface area contributed by atoms with E-state index in [1.54, 1.807) is 25.1 Å². The predicted molar refractivity (Wildman–Crippen MR) is 85.3 cm³/mol. The molecule has 1 aromatic carbocycles. The molecular weight excluding hydrogens is 372 g/mol. The van der Waals surface area contributed by atoms with Crippen LogP contribution in [-0.4, -0.2) is 26.5 Å². The first-order valence-corrected chi connectivity index (χ1v) is 8.44. The van der Waals surface area contributed by atoms with Crippen LogP contribution in [-0.2, 0) is 14.8 Å². The molecule has 0 aliphatic rings. The summed E-state index contributed by atoms with van der Waals surface area (Å²) in [5.41, 5.74) is 1.17. The van der Waals surface area contributed by atoms with Crippen molar-refractivity contribution in [1.82, 2.24) is 4.98 Å².